The summed E-state index contributed by atoms with van der Waals surface area (Å²) in [5.41, 5.74) is 3.22. The van der Waals surface area contributed by atoms with Gasteiger partial charge in [-0.25, -0.2) is 0 Å². The third-order valence-corrected chi connectivity index (χ3v) is 4.84. The molecule has 1 N–H and O–H groups in total. The molecular weight excluding hydrogens is 286 g/mol. The minimum atomic E-state index is -0.353. The molecule has 0 saturated carbocycles. The molecule has 0 spiro atoms. The van der Waals surface area contributed by atoms with Gasteiger partial charge < -0.3 is 5.32 Å². The lowest BCUT2D eigenvalue weighted by molar-refractivity contribution is -0.384. The average Bonchev–Trinajstić information content (AvgIpc) is 2.94. The molecule has 2 heterocycles. The molecule has 1 aromatic heterocycles. The summed E-state index contributed by atoms with van der Waals surface area (Å²) in [4.78, 5) is 14.5. The highest BCUT2D eigenvalue weighted by atomic mass is 32.1. The molecule has 0 atom stereocenters. The van der Waals surface area contributed by atoms with Crippen LogP contribution in [0.3, 0.4) is 0 Å². The zero-order valence-electron chi connectivity index (χ0n) is 11.8. The molecule has 1 aliphatic heterocycles. The van der Waals surface area contributed by atoms with E-state index in [1.54, 1.807) is 13.1 Å². The molecule has 0 fully saturated rings. The quantitative estimate of drug-likeness (QED) is 0.696. The van der Waals surface area contributed by atoms with Crippen molar-refractivity contribution in [3.05, 3.63) is 55.8 Å². The summed E-state index contributed by atoms with van der Waals surface area (Å²) in [7, 11) is 1.71. The summed E-state index contributed by atoms with van der Waals surface area (Å²) in [6.45, 7) is 2.83. The fraction of sp³-hybridized carbons (Fsp3) is 0.333. The Balaban J connectivity index is 1.75. The van der Waals surface area contributed by atoms with Gasteiger partial charge in [0, 0.05) is 37.6 Å². The van der Waals surface area contributed by atoms with Crippen LogP contribution in [0.2, 0.25) is 0 Å². The molecule has 0 radical (unpaired) electrons. The van der Waals surface area contributed by atoms with Gasteiger partial charge in [0.2, 0.25) is 0 Å². The normalized spacial score (nSPS) is 14.7. The van der Waals surface area contributed by atoms with Gasteiger partial charge in [0.25, 0.3) is 5.69 Å². The maximum atomic E-state index is 10.9. The van der Waals surface area contributed by atoms with Gasteiger partial charge in [0.05, 0.1) is 4.92 Å². The summed E-state index contributed by atoms with van der Waals surface area (Å²) in [6.07, 6.45) is 1.10. The second-order valence-electron chi connectivity index (χ2n) is 5.19. The van der Waals surface area contributed by atoms with Gasteiger partial charge in [0.15, 0.2) is 0 Å². The number of nitrogens with one attached hydrogen (secondary N) is 1. The summed E-state index contributed by atoms with van der Waals surface area (Å²) in [5.74, 6) is 0. The summed E-state index contributed by atoms with van der Waals surface area (Å²) < 4.78 is 0. The number of fused-ring (bicyclic) bond motifs is 1. The molecular formula is C15H17N3O2S. The highest BCUT2D eigenvalue weighted by Gasteiger charge is 2.18. The second-order valence-corrected chi connectivity index (χ2v) is 6.19. The first-order valence-electron chi connectivity index (χ1n) is 6.90. The van der Waals surface area contributed by atoms with Crippen LogP contribution in [0.1, 0.15) is 16.0 Å². The Morgan fingerprint density at radius 2 is 2.29 bits per heavy atom. The monoisotopic (exact) mass is 303 g/mol. The van der Waals surface area contributed by atoms with Crippen molar-refractivity contribution >= 4 is 22.7 Å². The van der Waals surface area contributed by atoms with Gasteiger partial charge in [-0.3, -0.25) is 15.0 Å². The Bertz CT molecular complexity index is 669. The van der Waals surface area contributed by atoms with E-state index in [9.17, 15) is 10.1 Å². The predicted octanol–water partition coefficient (Wildman–Crippen LogP) is 3.26. The van der Waals surface area contributed by atoms with Crippen molar-refractivity contribution in [2.24, 2.45) is 0 Å². The van der Waals surface area contributed by atoms with E-state index in [1.165, 1.54) is 10.4 Å². The molecule has 1 aromatic carbocycles. The minimum Gasteiger partial charge on any atom is -0.383 e. The third-order valence-electron chi connectivity index (χ3n) is 3.82. The van der Waals surface area contributed by atoms with E-state index < -0.39 is 0 Å². The minimum absolute atomic E-state index is 0.125. The predicted molar refractivity (Wildman–Crippen MR) is 84.8 cm³/mol. The van der Waals surface area contributed by atoms with E-state index in [0.717, 1.165) is 31.6 Å². The highest BCUT2D eigenvalue weighted by Crippen LogP contribution is 2.28. The standard InChI is InChI=1S/C15H17N3O2S/c1-16-13-8-11(2-3-14(13)18(19)20)9-17-6-4-15-12(10-17)5-7-21-15/h2-3,5,7-8,16H,4,6,9-10H2,1H3. The zero-order valence-corrected chi connectivity index (χ0v) is 12.7. The molecule has 0 saturated heterocycles. The molecule has 0 unspecified atom stereocenters. The fourth-order valence-corrected chi connectivity index (χ4v) is 3.63. The number of thiophene rings is 1. The Labute approximate surface area is 127 Å². The van der Waals surface area contributed by atoms with E-state index in [-0.39, 0.29) is 10.6 Å². The second kappa shape index (κ2) is 5.83. The van der Waals surface area contributed by atoms with Gasteiger partial charge in [-0.1, -0.05) is 6.07 Å². The topological polar surface area (TPSA) is 58.4 Å². The van der Waals surface area contributed by atoms with Crippen LogP contribution in [0.5, 0.6) is 0 Å². The van der Waals surface area contributed by atoms with E-state index in [1.807, 2.05) is 23.5 Å². The largest absolute Gasteiger partial charge is 0.383 e. The molecule has 2 aromatic rings. The fourth-order valence-electron chi connectivity index (χ4n) is 2.74. The van der Waals surface area contributed by atoms with Gasteiger partial charge in [0.1, 0.15) is 5.69 Å². The van der Waals surface area contributed by atoms with Gasteiger partial charge >= 0.3 is 0 Å². The van der Waals surface area contributed by atoms with Crippen molar-refractivity contribution in [2.75, 3.05) is 18.9 Å². The number of nitro groups is 1. The molecule has 0 aliphatic carbocycles. The number of hydrogen-bond acceptors (Lipinski definition) is 5. The van der Waals surface area contributed by atoms with Crippen LogP contribution in [-0.4, -0.2) is 23.4 Å². The first-order chi connectivity index (χ1) is 10.2. The molecule has 21 heavy (non-hydrogen) atoms. The smallest absolute Gasteiger partial charge is 0.292 e. The van der Waals surface area contributed by atoms with Crippen LogP contribution in [0.4, 0.5) is 11.4 Å². The molecule has 0 bridgehead atoms. The van der Waals surface area contributed by atoms with Crippen molar-refractivity contribution in [3.8, 4) is 0 Å². The zero-order chi connectivity index (χ0) is 14.8. The van der Waals surface area contributed by atoms with Crippen LogP contribution in [0, 0.1) is 10.1 Å². The molecule has 5 nitrogen and oxygen atoms in total. The summed E-state index contributed by atoms with van der Waals surface area (Å²) >= 11 is 1.83. The van der Waals surface area contributed by atoms with Crippen molar-refractivity contribution in [1.29, 1.82) is 0 Å². The first kappa shape index (κ1) is 14.0. The number of rotatable bonds is 4. The van der Waals surface area contributed by atoms with Crippen LogP contribution in [0.15, 0.2) is 29.6 Å². The molecule has 3 rings (SSSR count). The van der Waals surface area contributed by atoms with Gasteiger partial charge in [-0.05, 0) is 35.1 Å². The maximum absolute atomic E-state index is 10.9. The number of benzene rings is 1. The number of nitrogens with zero attached hydrogens (tertiary/aromatic N) is 2. The molecule has 110 valence electrons. The van der Waals surface area contributed by atoms with Gasteiger partial charge in [-0.15, -0.1) is 11.3 Å². The van der Waals surface area contributed by atoms with Crippen molar-refractivity contribution in [3.63, 3.8) is 0 Å². The summed E-state index contributed by atoms with van der Waals surface area (Å²) in [6, 6.07) is 7.51. The van der Waals surface area contributed by atoms with Crippen molar-refractivity contribution in [1.82, 2.24) is 4.90 Å². The van der Waals surface area contributed by atoms with Crippen LogP contribution in [0.25, 0.3) is 0 Å². The SMILES string of the molecule is CNc1cc(CN2CCc3sccc3C2)ccc1[N+](=O)[O-]. The average molecular weight is 303 g/mol. The van der Waals surface area contributed by atoms with Crippen molar-refractivity contribution in [2.45, 2.75) is 19.5 Å². The highest BCUT2D eigenvalue weighted by molar-refractivity contribution is 7.10. The van der Waals surface area contributed by atoms with Crippen LogP contribution in [-0.2, 0) is 19.5 Å². The lowest BCUT2D eigenvalue weighted by Gasteiger charge is -2.26. The van der Waals surface area contributed by atoms with Crippen molar-refractivity contribution < 1.29 is 4.92 Å². The van der Waals surface area contributed by atoms with E-state index in [4.69, 9.17) is 0 Å². The third kappa shape index (κ3) is 2.91. The number of nitro benzene ring substituents is 1. The Morgan fingerprint density at radius 3 is 3.05 bits per heavy atom. The molecule has 0 amide bonds. The Morgan fingerprint density at radius 1 is 1.43 bits per heavy atom. The van der Waals surface area contributed by atoms with E-state index in [2.05, 4.69) is 21.7 Å². The lowest BCUT2D eigenvalue weighted by Crippen LogP contribution is -2.29. The first-order valence-corrected chi connectivity index (χ1v) is 7.78. The van der Waals surface area contributed by atoms with E-state index in [0.29, 0.717) is 5.69 Å². The summed E-state index contributed by atoms with van der Waals surface area (Å²) in [5, 5.41) is 16.0. The van der Waals surface area contributed by atoms with Crippen LogP contribution >= 0.6 is 11.3 Å². The van der Waals surface area contributed by atoms with Crippen LogP contribution < -0.4 is 5.32 Å². The number of hydrogen-bond donors (Lipinski definition) is 1. The lowest BCUT2D eigenvalue weighted by atomic mass is 10.1. The molecule has 1 aliphatic rings. The van der Waals surface area contributed by atoms with E-state index >= 15 is 0 Å². The van der Waals surface area contributed by atoms with Gasteiger partial charge in [-0.2, -0.15) is 0 Å². The molecule has 6 heteroatoms. The Hall–Kier alpha value is -1.92. The Kier molecular flexibility index (Phi) is 3.90. The maximum Gasteiger partial charge on any atom is 0.292 e. The number of anilines is 1.